The molecule has 0 radical (unpaired) electrons. The standard InChI is InChI=1S/C19H23N3O5S/c1-16-5-7-18(8-6-16)27-14-13-20-9-11-21(12-10-20)28(25,26)19-4-2-3-17(15-19)22(23)24/h2-8,15H,9-14H2,1H3. The number of rotatable bonds is 7. The zero-order chi connectivity index (χ0) is 20.1. The predicted molar refractivity (Wildman–Crippen MR) is 105 cm³/mol. The molecule has 2 aromatic rings. The SMILES string of the molecule is Cc1ccc(OCCN2CCN(S(=O)(=O)c3cccc([N+](=O)[O-])c3)CC2)cc1. The van der Waals surface area contributed by atoms with Crippen LogP contribution in [0.5, 0.6) is 5.75 Å². The summed E-state index contributed by atoms with van der Waals surface area (Å²) >= 11 is 0. The van der Waals surface area contributed by atoms with Gasteiger partial charge in [0.25, 0.3) is 5.69 Å². The van der Waals surface area contributed by atoms with E-state index in [9.17, 15) is 18.5 Å². The van der Waals surface area contributed by atoms with Crippen LogP contribution in [0.15, 0.2) is 53.4 Å². The van der Waals surface area contributed by atoms with Crippen molar-refractivity contribution < 1.29 is 18.1 Å². The van der Waals surface area contributed by atoms with Crippen LogP contribution >= 0.6 is 0 Å². The van der Waals surface area contributed by atoms with E-state index in [4.69, 9.17) is 4.74 Å². The third-order valence-electron chi connectivity index (χ3n) is 4.69. The van der Waals surface area contributed by atoms with E-state index in [0.29, 0.717) is 39.3 Å². The Morgan fingerprint density at radius 1 is 1.07 bits per heavy atom. The number of ether oxygens (including phenoxy) is 1. The molecular formula is C19H23N3O5S. The lowest BCUT2D eigenvalue weighted by Crippen LogP contribution is -2.49. The van der Waals surface area contributed by atoms with Crippen LogP contribution < -0.4 is 4.74 Å². The largest absolute Gasteiger partial charge is 0.492 e. The Kier molecular flexibility index (Phi) is 6.28. The van der Waals surface area contributed by atoms with Crippen molar-refractivity contribution in [3.05, 3.63) is 64.2 Å². The lowest BCUT2D eigenvalue weighted by Gasteiger charge is -2.33. The van der Waals surface area contributed by atoms with E-state index in [1.807, 2.05) is 31.2 Å². The van der Waals surface area contributed by atoms with Crippen LogP contribution in [0.3, 0.4) is 0 Å². The second kappa shape index (κ2) is 8.68. The summed E-state index contributed by atoms with van der Waals surface area (Å²) in [6, 6.07) is 13.0. The number of nitro benzene ring substituents is 1. The summed E-state index contributed by atoms with van der Waals surface area (Å²) in [4.78, 5) is 12.4. The Bertz CT molecular complexity index is 923. The van der Waals surface area contributed by atoms with Gasteiger partial charge >= 0.3 is 0 Å². The molecule has 1 fully saturated rings. The molecule has 0 saturated carbocycles. The van der Waals surface area contributed by atoms with Crippen LogP contribution in [0.4, 0.5) is 5.69 Å². The number of hydrogen-bond acceptors (Lipinski definition) is 6. The van der Waals surface area contributed by atoms with Gasteiger partial charge in [0.1, 0.15) is 12.4 Å². The summed E-state index contributed by atoms with van der Waals surface area (Å²) in [7, 11) is -3.74. The molecule has 0 bridgehead atoms. The molecule has 0 atom stereocenters. The van der Waals surface area contributed by atoms with Crippen LogP contribution in [0.25, 0.3) is 0 Å². The van der Waals surface area contributed by atoms with Crippen molar-refractivity contribution in [1.82, 2.24) is 9.21 Å². The van der Waals surface area contributed by atoms with Gasteiger partial charge in [-0.25, -0.2) is 8.42 Å². The number of aryl methyl sites for hydroxylation is 1. The highest BCUT2D eigenvalue weighted by molar-refractivity contribution is 7.89. The molecule has 2 aromatic carbocycles. The molecule has 0 unspecified atom stereocenters. The number of piperazine rings is 1. The highest BCUT2D eigenvalue weighted by atomic mass is 32.2. The molecule has 0 N–H and O–H groups in total. The zero-order valence-corrected chi connectivity index (χ0v) is 16.5. The molecule has 28 heavy (non-hydrogen) atoms. The number of non-ortho nitro benzene ring substituents is 1. The van der Waals surface area contributed by atoms with Gasteiger partial charge in [0.2, 0.25) is 10.0 Å². The van der Waals surface area contributed by atoms with Gasteiger partial charge in [-0.1, -0.05) is 23.8 Å². The molecule has 3 rings (SSSR count). The minimum absolute atomic E-state index is 0.0437. The molecule has 8 nitrogen and oxygen atoms in total. The zero-order valence-electron chi connectivity index (χ0n) is 15.7. The molecule has 1 saturated heterocycles. The number of nitrogens with zero attached hydrogens (tertiary/aromatic N) is 3. The average molecular weight is 405 g/mol. The maximum Gasteiger partial charge on any atom is 0.270 e. The smallest absolute Gasteiger partial charge is 0.270 e. The van der Waals surface area contributed by atoms with Gasteiger partial charge in [-0.05, 0) is 25.1 Å². The fourth-order valence-corrected chi connectivity index (χ4v) is 4.49. The van der Waals surface area contributed by atoms with Gasteiger partial charge in [0.15, 0.2) is 0 Å². The van der Waals surface area contributed by atoms with Gasteiger partial charge in [-0.15, -0.1) is 0 Å². The third kappa shape index (κ3) is 4.86. The van der Waals surface area contributed by atoms with Crippen LogP contribution in [0.2, 0.25) is 0 Å². The number of benzene rings is 2. The first-order valence-electron chi connectivity index (χ1n) is 9.03. The molecule has 0 spiro atoms. The molecule has 0 aliphatic carbocycles. The van der Waals surface area contributed by atoms with Gasteiger partial charge in [-0.3, -0.25) is 15.0 Å². The number of nitro groups is 1. The lowest BCUT2D eigenvalue weighted by atomic mass is 10.2. The van der Waals surface area contributed by atoms with Gasteiger partial charge in [0.05, 0.1) is 9.82 Å². The highest BCUT2D eigenvalue weighted by Crippen LogP contribution is 2.22. The second-order valence-corrected chi connectivity index (χ2v) is 8.60. The number of hydrogen-bond donors (Lipinski definition) is 0. The van der Waals surface area contributed by atoms with Crippen molar-refractivity contribution in [1.29, 1.82) is 0 Å². The van der Waals surface area contributed by atoms with Crippen LogP contribution in [0, 0.1) is 17.0 Å². The van der Waals surface area contributed by atoms with E-state index in [1.165, 1.54) is 28.1 Å². The maximum atomic E-state index is 12.8. The van der Waals surface area contributed by atoms with Crippen molar-refractivity contribution in [2.75, 3.05) is 39.3 Å². The van der Waals surface area contributed by atoms with E-state index >= 15 is 0 Å². The fraction of sp³-hybridized carbons (Fsp3) is 0.368. The Hall–Kier alpha value is -2.49. The summed E-state index contributed by atoms with van der Waals surface area (Å²) in [5.74, 6) is 0.817. The van der Waals surface area contributed by atoms with Gasteiger partial charge in [-0.2, -0.15) is 4.31 Å². The van der Waals surface area contributed by atoms with Crippen molar-refractivity contribution in [2.45, 2.75) is 11.8 Å². The molecule has 0 aromatic heterocycles. The predicted octanol–water partition coefficient (Wildman–Crippen LogP) is 2.29. The maximum absolute atomic E-state index is 12.8. The second-order valence-electron chi connectivity index (χ2n) is 6.66. The van der Waals surface area contributed by atoms with E-state index in [1.54, 1.807) is 0 Å². The monoisotopic (exact) mass is 405 g/mol. The summed E-state index contributed by atoms with van der Waals surface area (Å²) < 4.78 is 32.6. The normalized spacial score (nSPS) is 16.0. The third-order valence-corrected chi connectivity index (χ3v) is 6.59. The Balaban J connectivity index is 1.52. The van der Waals surface area contributed by atoms with Gasteiger partial charge in [0, 0.05) is 44.9 Å². The van der Waals surface area contributed by atoms with Crippen LogP contribution in [-0.4, -0.2) is 61.9 Å². The summed E-state index contributed by atoms with van der Waals surface area (Å²) in [6.07, 6.45) is 0. The van der Waals surface area contributed by atoms with Crippen molar-refractivity contribution in [2.24, 2.45) is 0 Å². The lowest BCUT2D eigenvalue weighted by molar-refractivity contribution is -0.385. The van der Waals surface area contributed by atoms with Crippen LogP contribution in [-0.2, 0) is 10.0 Å². The first kappa shape index (κ1) is 20.2. The topological polar surface area (TPSA) is 93.0 Å². The molecule has 0 amide bonds. The average Bonchev–Trinajstić information content (AvgIpc) is 2.70. The summed E-state index contributed by atoms with van der Waals surface area (Å²) in [5, 5.41) is 10.9. The first-order valence-corrected chi connectivity index (χ1v) is 10.5. The summed E-state index contributed by atoms with van der Waals surface area (Å²) in [6.45, 7) is 5.12. The Morgan fingerprint density at radius 2 is 1.75 bits per heavy atom. The van der Waals surface area contributed by atoms with Gasteiger partial charge < -0.3 is 4.74 Å². The number of sulfonamides is 1. The van der Waals surface area contributed by atoms with E-state index in [0.717, 1.165) is 11.8 Å². The molecule has 1 aliphatic rings. The van der Waals surface area contributed by atoms with Crippen molar-refractivity contribution in [3.8, 4) is 5.75 Å². The summed E-state index contributed by atoms with van der Waals surface area (Å²) in [5.41, 5.74) is 0.946. The van der Waals surface area contributed by atoms with E-state index < -0.39 is 14.9 Å². The Labute approximate surface area is 164 Å². The fourth-order valence-electron chi connectivity index (χ4n) is 3.03. The van der Waals surface area contributed by atoms with E-state index in [2.05, 4.69) is 4.90 Å². The highest BCUT2D eigenvalue weighted by Gasteiger charge is 2.29. The van der Waals surface area contributed by atoms with E-state index in [-0.39, 0.29) is 10.6 Å². The molecule has 1 aliphatic heterocycles. The molecular weight excluding hydrogens is 382 g/mol. The minimum Gasteiger partial charge on any atom is -0.492 e. The van der Waals surface area contributed by atoms with Crippen LogP contribution in [0.1, 0.15) is 5.56 Å². The van der Waals surface area contributed by atoms with Crippen molar-refractivity contribution >= 4 is 15.7 Å². The Morgan fingerprint density at radius 3 is 2.39 bits per heavy atom. The first-order chi connectivity index (χ1) is 13.4. The quantitative estimate of drug-likeness (QED) is 0.518. The molecule has 9 heteroatoms. The van der Waals surface area contributed by atoms with Crippen molar-refractivity contribution in [3.63, 3.8) is 0 Å². The minimum atomic E-state index is -3.74. The molecule has 150 valence electrons. The molecule has 1 heterocycles.